The molecule has 4 nitrogen and oxygen atoms in total. The van der Waals surface area contributed by atoms with Crippen molar-refractivity contribution in [3.63, 3.8) is 0 Å². The molecule has 0 bridgehead atoms. The van der Waals surface area contributed by atoms with Crippen LogP contribution in [0.4, 0.5) is 5.69 Å². The summed E-state index contributed by atoms with van der Waals surface area (Å²) in [6.45, 7) is 5.73. The van der Waals surface area contributed by atoms with Crippen LogP contribution in [0.2, 0.25) is 0 Å². The molecule has 1 aliphatic carbocycles. The number of anilines is 1. The Bertz CT molecular complexity index is 518. The van der Waals surface area contributed by atoms with Crippen LogP contribution >= 0.6 is 0 Å². The number of carbonyl (C=O) groups is 2. The Morgan fingerprint density at radius 2 is 1.82 bits per heavy atom. The molecule has 2 rings (SSSR count). The predicted octanol–water partition coefficient (Wildman–Crippen LogP) is 3.83. The summed E-state index contributed by atoms with van der Waals surface area (Å²) in [4.78, 5) is 26.0. The van der Waals surface area contributed by atoms with Gasteiger partial charge in [0.2, 0.25) is 5.91 Å². The number of benzene rings is 1. The maximum absolute atomic E-state index is 12.9. The van der Waals surface area contributed by atoms with Crippen LogP contribution in [-0.4, -0.2) is 28.8 Å². The van der Waals surface area contributed by atoms with Crippen molar-refractivity contribution in [1.82, 2.24) is 4.90 Å². The first kappa shape index (κ1) is 16.5. The predicted molar refractivity (Wildman–Crippen MR) is 88.9 cm³/mol. The largest absolute Gasteiger partial charge is 0.333 e. The van der Waals surface area contributed by atoms with Gasteiger partial charge >= 0.3 is 0 Å². The van der Waals surface area contributed by atoms with E-state index in [0.717, 1.165) is 24.9 Å². The van der Waals surface area contributed by atoms with E-state index < -0.39 is 0 Å². The lowest BCUT2D eigenvalue weighted by atomic mass is 10.1. The van der Waals surface area contributed by atoms with Crippen LogP contribution < -0.4 is 5.32 Å². The van der Waals surface area contributed by atoms with E-state index in [1.54, 1.807) is 24.3 Å². The molecule has 0 aliphatic heterocycles. The average Bonchev–Trinajstić information content (AvgIpc) is 3.01. The van der Waals surface area contributed by atoms with E-state index in [0.29, 0.717) is 11.6 Å². The summed E-state index contributed by atoms with van der Waals surface area (Å²) < 4.78 is 0. The second kappa shape index (κ2) is 7.43. The van der Waals surface area contributed by atoms with Crippen molar-refractivity contribution in [2.75, 3.05) is 5.32 Å². The van der Waals surface area contributed by atoms with Gasteiger partial charge in [0.15, 0.2) is 0 Å². The maximum Gasteiger partial charge on any atom is 0.254 e. The first-order chi connectivity index (χ1) is 10.5. The van der Waals surface area contributed by atoms with Gasteiger partial charge in [0.1, 0.15) is 0 Å². The minimum absolute atomic E-state index is 0.105. The van der Waals surface area contributed by atoms with Crippen LogP contribution in [-0.2, 0) is 4.79 Å². The highest BCUT2D eigenvalue weighted by molar-refractivity contribution is 5.96. The molecule has 0 heterocycles. The fourth-order valence-corrected chi connectivity index (χ4v) is 3.15. The van der Waals surface area contributed by atoms with Gasteiger partial charge in [-0.3, -0.25) is 9.59 Å². The molecule has 1 saturated carbocycles. The normalized spacial score (nSPS) is 16.3. The van der Waals surface area contributed by atoms with Gasteiger partial charge in [-0.15, -0.1) is 0 Å². The molecule has 1 aliphatic rings. The molecule has 1 unspecified atom stereocenters. The van der Waals surface area contributed by atoms with E-state index in [4.69, 9.17) is 0 Å². The summed E-state index contributed by atoms with van der Waals surface area (Å²) in [5.74, 6) is 0.00175. The third-order valence-corrected chi connectivity index (χ3v) is 4.47. The third-order valence-electron chi connectivity index (χ3n) is 4.47. The number of rotatable bonds is 5. The van der Waals surface area contributed by atoms with E-state index in [1.165, 1.54) is 19.8 Å². The molecule has 0 aromatic heterocycles. The summed E-state index contributed by atoms with van der Waals surface area (Å²) in [7, 11) is 0. The Morgan fingerprint density at radius 3 is 2.32 bits per heavy atom. The Labute approximate surface area is 132 Å². The van der Waals surface area contributed by atoms with Crippen molar-refractivity contribution >= 4 is 17.5 Å². The van der Waals surface area contributed by atoms with Crippen molar-refractivity contribution in [1.29, 1.82) is 0 Å². The lowest BCUT2D eigenvalue weighted by molar-refractivity contribution is -0.114. The van der Waals surface area contributed by atoms with Gasteiger partial charge in [-0.05, 0) is 50.5 Å². The van der Waals surface area contributed by atoms with Gasteiger partial charge in [-0.2, -0.15) is 0 Å². The molecule has 0 saturated heterocycles. The van der Waals surface area contributed by atoms with Crippen LogP contribution in [0, 0.1) is 0 Å². The fourth-order valence-electron chi connectivity index (χ4n) is 3.15. The van der Waals surface area contributed by atoms with E-state index >= 15 is 0 Å². The molecule has 1 aromatic rings. The Morgan fingerprint density at radius 1 is 1.23 bits per heavy atom. The molecule has 0 radical (unpaired) electrons. The smallest absolute Gasteiger partial charge is 0.254 e. The van der Waals surface area contributed by atoms with E-state index in [-0.39, 0.29) is 17.9 Å². The molecule has 4 heteroatoms. The summed E-state index contributed by atoms with van der Waals surface area (Å²) in [6.07, 6.45) is 5.62. The zero-order valence-electron chi connectivity index (χ0n) is 13.8. The number of nitrogens with zero attached hydrogens (tertiary/aromatic N) is 1. The van der Waals surface area contributed by atoms with Gasteiger partial charge < -0.3 is 10.2 Å². The van der Waals surface area contributed by atoms with Crippen LogP contribution in [0.25, 0.3) is 0 Å². The Kier molecular flexibility index (Phi) is 5.58. The van der Waals surface area contributed by atoms with Crippen molar-refractivity contribution < 1.29 is 9.59 Å². The summed E-state index contributed by atoms with van der Waals surface area (Å²) in [6, 6.07) is 7.81. The average molecular weight is 302 g/mol. The third kappa shape index (κ3) is 3.87. The number of hydrogen-bond donors (Lipinski definition) is 1. The summed E-state index contributed by atoms with van der Waals surface area (Å²) in [5, 5.41) is 2.73. The Hall–Kier alpha value is -1.84. The summed E-state index contributed by atoms with van der Waals surface area (Å²) >= 11 is 0. The number of hydrogen-bond acceptors (Lipinski definition) is 2. The van der Waals surface area contributed by atoms with Gasteiger partial charge in [-0.1, -0.05) is 19.8 Å². The molecule has 1 atom stereocenters. The lowest BCUT2D eigenvalue weighted by Crippen LogP contribution is -2.44. The highest BCUT2D eigenvalue weighted by Crippen LogP contribution is 2.27. The molecular formula is C18H26N2O2. The van der Waals surface area contributed by atoms with Crippen molar-refractivity contribution in [2.24, 2.45) is 0 Å². The second-order valence-corrected chi connectivity index (χ2v) is 6.17. The number of carbonyl (C=O) groups excluding carboxylic acids is 2. The monoisotopic (exact) mass is 302 g/mol. The SMILES string of the molecule is CCC(C)N(C(=O)c1ccc(NC(C)=O)cc1)C1CCCC1. The van der Waals surface area contributed by atoms with Crippen molar-refractivity contribution in [3.05, 3.63) is 29.8 Å². The zero-order chi connectivity index (χ0) is 16.1. The van der Waals surface area contributed by atoms with Gasteiger partial charge in [0.05, 0.1) is 0 Å². The first-order valence-corrected chi connectivity index (χ1v) is 8.23. The fraction of sp³-hybridized carbons (Fsp3) is 0.556. The molecule has 2 amide bonds. The molecule has 22 heavy (non-hydrogen) atoms. The van der Waals surface area contributed by atoms with Crippen molar-refractivity contribution in [3.8, 4) is 0 Å². The molecule has 0 spiro atoms. The standard InChI is InChI=1S/C18H26N2O2/c1-4-13(2)20(17-7-5-6-8-17)18(22)15-9-11-16(12-10-15)19-14(3)21/h9-13,17H,4-8H2,1-3H3,(H,19,21). The van der Waals surface area contributed by atoms with E-state index in [1.807, 2.05) is 0 Å². The maximum atomic E-state index is 12.9. The molecular weight excluding hydrogens is 276 g/mol. The van der Waals surface area contributed by atoms with Crippen LogP contribution in [0.3, 0.4) is 0 Å². The first-order valence-electron chi connectivity index (χ1n) is 8.23. The van der Waals surface area contributed by atoms with E-state index in [9.17, 15) is 9.59 Å². The quantitative estimate of drug-likeness (QED) is 0.898. The molecule has 120 valence electrons. The van der Waals surface area contributed by atoms with Gasteiger partial charge in [0.25, 0.3) is 5.91 Å². The van der Waals surface area contributed by atoms with Gasteiger partial charge in [0, 0.05) is 30.3 Å². The van der Waals surface area contributed by atoms with Crippen LogP contribution in [0.15, 0.2) is 24.3 Å². The minimum Gasteiger partial charge on any atom is -0.333 e. The number of nitrogens with one attached hydrogen (secondary N) is 1. The highest BCUT2D eigenvalue weighted by Gasteiger charge is 2.30. The Balaban J connectivity index is 2.17. The summed E-state index contributed by atoms with van der Waals surface area (Å²) in [5.41, 5.74) is 1.42. The highest BCUT2D eigenvalue weighted by atomic mass is 16.2. The second-order valence-electron chi connectivity index (χ2n) is 6.17. The van der Waals surface area contributed by atoms with Crippen LogP contribution in [0.5, 0.6) is 0 Å². The lowest BCUT2D eigenvalue weighted by Gasteiger charge is -2.34. The topological polar surface area (TPSA) is 49.4 Å². The molecule has 1 fully saturated rings. The number of amides is 2. The molecule has 1 aromatic carbocycles. The van der Waals surface area contributed by atoms with Crippen LogP contribution in [0.1, 0.15) is 63.2 Å². The minimum atomic E-state index is -0.105. The van der Waals surface area contributed by atoms with Crippen molar-refractivity contribution in [2.45, 2.75) is 65.0 Å². The molecule has 1 N–H and O–H groups in total. The van der Waals surface area contributed by atoms with Gasteiger partial charge in [-0.25, -0.2) is 0 Å². The van der Waals surface area contributed by atoms with E-state index in [2.05, 4.69) is 24.1 Å². The zero-order valence-corrected chi connectivity index (χ0v) is 13.8.